The fourth-order valence-corrected chi connectivity index (χ4v) is 5.65. The molecule has 0 atom stereocenters. The molecule has 0 unspecified atom stereocenters. The van der Waals surface area contributed by atoms with Crippen LogP contribution in [0.15, 0.2) is 58.7 Å². The Balaban J connectivity index is 1.36. The van der Waals surface area contributed by atoms with Crippen LogP contribution in [0.25, 0.3) is 17.2 Å². The maximum Gasteiger partial charge on any atom is 0.325 e. The van der Waals surface area contributed by atoms with Crippen molar-refractivity contribution in [2.24, 2.45) is 0 Å². The van der Waals surface area contributed by atoms with Crippen LogP contribution in [0.5, 0.6) is 11.5 Å². The number of piperidine rings is 1. The summed E-state index contributed by atoms with van der Waals surface area (Å²) in [4.78, 5) is 27.7. The molecule has 5 rings (SSSR count). The lowest BCUT2D eigenvalue weighted by Gasteiger charge is -2.28. The van der Waals surface area contributed by atoms with E-state index in [9.17, 15) is 14.0 Å². The average molecular weight is 604 g/mol. The van der Waals surface area contributed by atoms with Gasteiger partial charge in [-0.05, 0) is 103 Å². The van der Waals surface area contributed by atoms with Gasteiger partial charge in [0.25, 0.3) is 0 Å². The summed E-state index contributed by atoms with van der Waals surface area (Å²) in [5, 5.41) is 5.99. The summed E-state index contributed by atoms with van der Waals surface area (Å²) < 4.78 is 36.7. The number of hydrogen-bond acceptors (Lipinski definition) is 8. The number of hydrogen-bond donors (Lipinski definition) is 2. The summed E-state index contributed by atoms with van der Waals surface area (Å²) in [5.74, 6) is 0.711. The summed E-state index contributed by atoms with van der Waals surface area (Å²) in [6.45, 7) is 3.97. The molecule has 1 saturated heterocycles. The number of amides is 1. The van der Waals surface area contributed by atoms with E-state index >= 15 is 0 Å². The first-order valence-electron chi connectivity index (χ1n) is 14.6. The Hall–Kier alpha value is -4.57. The number of carbonyl (C=O) groups is 2. The number of benzene rings is 2. The Morgan fingerprint density at radius 2 is 1.80 bits per heavy atom. The van der Waals surface area contributed by atoms with Crippen molar-refractivity contribution in [1.82, 2.24) is 10.2 Å². The lowest BCUT2D eigenvalue weighted by molar-refractivity contribution is -0.148. The molecule has 0 saturated carbocycles. The lowest BCUT2D eigenvalue weighted by Crippen LogP contribution is -2.36. The highest BCUT2D eigenvalue weighted by atomic mass is 19.1. The van der Waals surface area contributed by atoms with Gasteiger partial charge in [-0.2, -0.15) is 0 Å². The number of methoxy groups -OCH3 is 2. The molecule has 3 aromatic rings. The number of carbonyl (C=O) groups excluding carboxylic acids is 2. The van der Waals surface area contributed by atoms with Crippen LogP contribution in [0.2, 0.25) is 0 Å². The van der Waals surface area contributed by atoms with Gasteiger partial charge in [-0.15, -0.1) is 0 Å². The van der Waals surface area contributed by atoms with Crippen LogP contribution in [-0.2, 0) is 20.9 Å². The predicted molar refractivity (Wildman–Crippen MR) is 167 cm³/mol. The Bertz CT molecular complexity index is 1550. The van der Waals surface area contributed by atoms with Gasteiger partial charge >= 0.3 is 5.97 Å². The van der Waals surface area contributed by atoms with Gasteiger partial charge in [-0.3, -0.25) is 9.59 Å². The second-order valence-electron chi connectivity index (χ2n) is 11.0. The van der Waals surface area contributed by atoms with Gasteiger partial charge in [0.2, 0.25) is 5.91 Å². The van der Waals surface area contributed by atoms with Gasteiger partial charge in [0.05, 0.1) is 33.4 Å². The predicted octanol–water partition coefficient (Wildman–Crippen LogP) is 5.52. The molecule has 1 aliphatic carbocycles. The van der Waals surface area contributed by atoms with Crippen molar-refractivity contribution in [2.45, 2.75) is 38.8 Å². The zero-order valence-corrected chi connectivity index (χ0v) is 25.5. The second-order valence-corrected chi connectivity index (χ2v) is 11.0. The van der Waals surface area contributed by atoms with E-state index in [1.54, 1.807) is 38.7 Å². The molecule has 1 aromatic heterocycles. The van der Waals surface area contributed by atoms with E-state index in [4.69, 9.17) is 18.6 Å². The summed E-state index contributed by atoms with van der Waals surface area (Å²) in [6, 6.07) is 11.8. The number of nitrogens with one attached hydrogen (secondary N) is 2. The molecular weight excluding hydrogens is 565 g/mol. The van der Waals surface area contributed by atoms with Crippen LogP contribution in [0.1, 0.15) is 48.6 Å². The van der Waals surface area contributed by atoms with Gasteiger partial charge in [0.1, 0.15) is 41.4 Å². The van der Waals surface area contributed by atoms with Crippen molar-refractivity contribution in [1.29, 1.82) is 0 Å². The van der Waals surface area contributed by atoms with Gasteiger partial charge in [-0.1, -0.05) is 6.07 Å². The maximum atomic E-state index is 14.4. The minimum Gasteiger partial charge on any atom is -0.494 e. The van der Waals surface area contributed by atoms with Gasteiger partial charge in [0.15, 0.2) is 0 Å². The number of allylic oxidation sites excluding steroid dienone is 2. The minimum absolute atomic E-state index is 0.0361. The van der Waals surface area contributed by atoms with Crippen molar-refractivity contribution in [3.63, 3.8) is 0 Å². The number of nitrogens with zero attached hydrogens (tertiary/aromatic N) is 1. The molecule has 2 aromatic carbocycles. The molecule has 0 radical (unpaired) electrons. The molecule has 2 heterocycles. The fourth-order valence-electron chi connectivity index (χ4n) is 5.65. The zero-order valence-electron chi connectivity index (χ0n) is 25.5. The zero-order chi connectivity index (χ0) is 31.2. The summed E-state index contributed by atoms with van der Waals surface area (Å²) in [7, 11) is 5.15. The highest BCUT2D eigenvalue weighted by molar-refractivity contribution is 6.08. The first-order chi connectivity index (χ1) is 21.2. The van der Waals surface area contributed by atoms with E-state index < -0.39 is 0 Å². The highest BCUT2D eigenvalue weighted by Crippen LogP contribution is 2.45. The third kappa shape index (κ3) is 7.14. The first kappa shape index (κ1) is 30.9. The van der Waals surface area contributed by atoms with Crippen molar-refractivity contribution < 1.29 is 32.6 Å². The Morgan fingerprint density at radius 3 is 2.45 bits per heavy atom. The van der Waals surface area contributed by atoms with Crippen molar-refractivity contribution in [3.05, 3.63) is 82.6 Å². The van der Waals surface area contributed by atoms with Crippen LogP contribution in [0.4, 0.5) is 10.1 Å². The maximum absolute atomic E-state index is 14.4. The molecule has 232 valence electrons. The molecule has 1 amide bonds. The fraction of sp³-hybridized carbons (Fsp3) is 0.353. The van der Waals surface area contributed by atoms with Crippen LogP contribution >= 0.6 is 0 Å². The third-order valence-electron chi connectivity index (χ3n) is 8.04. The van der Waals surface area contributed by atoms with Crippen LogP contribution in [0.3, 0.4) is 0 Å². The van der Waals surface area contributed by atoms with Crippen molar-refractivity contribution in [2.75, 3.05) is 46.2 Å². The normalized spacial score (nSPS) is 16.2. The Labute approximate surface area is 256 Å². The largest absolute Gasteiger partial charge is 0.494 e. The lowest BCUT2D eigenvalue weighted by atomic mass is 10.00. The Morgan fingerprint density at radius 1 is 1.07 bits per heavy atom. The smallest absolute Gasteiger partial charge is 0.325 e. The molecule has 44 heavy (non-hydrogen) atoms. The van der Waals surface area contributed by atoms with E-state index in [1.165, 1.54) is 12.1 Å². The van der Waals surface area contributed by atoms with Crippen molar-refractivity contribution in [3.8, 4) is 11.5 Å². The van der Waals surface area contributed by atoms with Gasteiger partial charge in [-0.25, -0.2) is 4.39 Å². The summed E-state index contributed by atoms with van der Waals surface area (Å²) in [6.07, 6.45) is 5.16. The molecular formula is C34H38FN3O6. The number of halogens is 1. The standard InChI is InChI=1S/C34H38FN3O6/c1-21-27(26-8-7-23(35)17-29(26)28(21)18-32(39)36-19-25-6-5-13-43-25)14-22-15-30(41-3)34(31(16-22)42-4)37-20-33(40)44-24-9-11-38(2)12-10-24/h5-8,13-17,24,37H,9-12,18-20H2,1-4H3,(H,36,39). The molecule has 0 spiro atoms. The van der Waals surface area contributed by atoms with E-state index in [1.807, 2.05) is 25.1 Å². The molecule has 2 aliphatic rings. The number of ether oxygens (including phenoxy) is 3. The highest BCUT2D eigenvalue weighted by Gasteiger charge is 2.26. The van der Waals surface area contributed by atoms with Crippen LogP contribution < -0.4 is 20.1 Å². The summed E-state index contributed by atoms with van der Waals surface area (Å²) in [5.41, 5.74) is 5.30. The molecule has 10 heteroatoms. The topological polar surface area (TPSA) is 102 Å². The number of anilines is 1. The summed E-state index contributed by atoms with van der Waals surface area (Å²) >= 11 is 0. The van der Waals surface area contributed by atoms with Crippen LogP contribution in [0, 0.1) is 5.82 Å². The second kappa shape index (κ2) is 13.8. The number of furan rings is 1. The number of fused-ring (bicyclic) bond motifs is 1. The van der Waals surface area contributed by atoms with E-state index in [2.05, 4.69) is 22.6 Å². The molecule has 2 N–H and O–H groups in total. The molecule has 1 aliphatic heterocycles. The quantitative estimate of drug-likeness (QED) is 0.277. The Kier molecular flexibility index (Phi) is 9.69. The van der Waals surface area contributed by atoms with Crippen LogP contribution in [-0.4, -0.2) is 63.8 Å². The average Bonchev–Trinajstić information content (AvgIpc) is 3.63. The number of likely N-dealkylation sites (tertiary alicyclic amines) is 1. The van der Waals surface area contributed by atoms with E-state index in [0.29, 0.717) is 28.5 Å². The van der Waals surface area contributed by atoms with E-state index in [-0.39, 0.29) is 43.3 Å². The number of rotatable bonds is 11. The molecule has 9 nitrogen and oxygen atoms in total. The monoisotopic (exact) mass is 603 g/mol. The van der Waals surface area contributed by atoms with Crippen molar-refractivity contribution >= 4 is 34.8 Å². The molecule has 0 bridgehead atoms. The first-order valence-corrected chi connectivity index (χ1v) is 14.6. The minimum atomic E-state index is -0.376. The van der Waals surface area contributed by atoms with E-state index in [0.717, 1.165) is 53.8 Å². The SMILES string of the molecule is COc1cc(C=C2C(C)=C(CC(=O)NCc3ccco3)c3cc(F)ccc32)cc(OC)c1NCC(=O)OC1CCN(C)CC1. The molecule has 1 fully saturated rings. The van der Waals surface area contributed by atoms with Gasteiger partial charge in [0, 0.05) is 13.1 Å². The third-order valence-corrected chi connectivity index (χ3v) is 8.04. The number of esters is 1. The van der Waals surface area contributed by atoms with Gasteiger partial charge < -0.3 is 34.2 Å².